The van der Waals surface area contributed by atoms with Crippen molar-refractivity contribution in [1.29, 1.82) is 0 Å². The van der Waals surface area contributed by atoms with Gasteiger partial charge >= 0.3 is 0 Å². The first-order valence-electron chi connectivity index (χ1n) is 1.99. The van der Waals surface area contributed by atoms with Gasteiger partial charge in [0.15, 0.2) is 0 Å². The maximum absolute atomic E-state index is 5.42. The third-order valence-corrected chi connectivity index (χ3v) is 0.526. The normalized spacial score (nSPS) is 9.57. The molecule has 1 nitrogen and oxygen atoms in total. The molecule has 0 aliphatic heterocycles. The molecule has 2 N–H and O–H groups in total. The molecule has 0 heterocycles. The molecule has 0 aromatic rings. The molecule has 0 saturated carbocycles. The number of hydrogen-bond acceptors (Lipinski definition) is 1. The summed E-state index contributed by atoms with van der Waals surface area (Å²) in [5.41, 5.74) is 5.22. The fourth-order valence-electron chi connectivity index (χ4n) is 0. The molecule has 0 bridgehead atoms. The summed E-state index contributed by atoms with van der Waals surface area (Å²) in [4.78, 5) is 0. The van der Waals surface area contributed by atoms with Crippen molar-refractivity contribution in [2.75, 3.05) is 0 Å². The molecule has 0 saturated heterocycles. The third kappa shape index (κ3) is 10.7. The van der Waals surface area contributed by atoms with Crippen LogP contribution in [0.2, 0.25) is 0 Å². The fraction of sp³-hybridized carbons (Fsp3) is 0.600. The van der Waals surface area contributed by atoms with Crippen molar-refractivity contribution in [3.05, 3.63) is 12.7 Å². The van der Waals surface area contributed by atoms with Gasteiger partial charge in [-0.05, 0) is 13.8 Å². The van der Waals surface area contributed by atoms with Gasteiger partial charge < -0.3 is 5.73 Å². The molecule has 0 amide bonds. The molecule has 0 spiro atoms. The van der Waals surface area contributed by atoms with E-state index in [9.17, 15) is 0 Å². The molecule has 0 atom stereocenters. The first kappa shape index (κ1) is 10.4. The summed E-state index contributed by atoms with van der Waals surface area (Å²) in [7, 11) is 0. The van der Waals surface area contributed by atoms with Gasteiger partial charge in [0.05, 0.1) is 0 Å². The van der Waals surface area contributed by atoms with Crippen molar-refractivity contribution in [3.8, 4) is 0 Å². The van der Waals surface area contributed by atoms with Crippen LogP contribution < -0.4 is 5.73 Å². The average molecular weight is 213 g/mol. The second-order valence-electron chi connectivity index (χ2n) is 2.03. The molecule has 0 unspecified atom stereocenters. The van der Waals surface area contributed by atoms with Crippen LogP contribution in [0.3, 0.4) is 0 Å². The minimum Gasteiger partial charge on any atom is -0.322 e. The van der Waals surface area contributed by atoms with Gasteiger partial charge in [0, 0.05) is 5.54 Å². The van der Waals surface area contributed by atoms with Gasteiger partial charge in [0.1, 0.15) is 0 Å². The average Bonchev–Trinajstić information content (AvgIpc) is 1.35. The van der Waals surface area contributed by atoms with E-state index in [2.05, 4.69) is 6.58 Å². The molecule has 0 aliphatic rings. The van der Waals surface area contributed by atoms with Gasteiger partial charge in [0.25, 0.3) is 0 Å². The van der Waals surface area contributed by atoms with Crippen molar-refractivity contribution in [2.45, 2.75) is 19.4 Å². The van der Waals surface area contributed by atoms with Crippen LogP contribution in [-0.2, 0) is 0 Å². The summed E-state index contributed by atoms with van der Waals surface area (Å²) >= 11 is 0. The third-order valence-electron chi connectivity index (χ3n) is 0.526. The zero-order valence-electron chi connectivity index (χ0n) is 4.77. The summed E-state index contributed by atoms with van der Waals surface area (Å²) in [5, 5.41) is 0. The lowest BCUT2D eigenvalue weighted by molar-refractivity contribution is 0.656. The summed E-state index contributed by atoms with van der Waals surface area (Å²) in [6.45, 7) is 7.31. The van der Waals surface area contributed by atoms with E-state index in [0.29, 0.717) is 0 Å². The van der Waals surface area contributed by atoms with E-state index in [0.717, 1.165) is 0 Å². The summed E-state index contributed by atoms with van der Waals surface area (Å²) < 4.78 is 0. The van der Waals surface area contributed by atoms with Crippen molar-refractivity contribution in [2.24, 2.45) is 5.73 Å². The Morgan fingerprint density at radius 1 is 1.57 bits per heavy atom. The highest BCUT2D eigenvalue weighted by molar-refractivity contribution is 14.0. The predicted molar refractivity (Wildman–Crippen MR) is 43.9 cm³/mol. The SMILES string of the molecule is C=CC(C)(C)N.I. The van der Waals surface area contributed by atoms with E-state index < -0.39 is 0 Å². The van der Waals surface area contributed by atoms with Crippen LogP contribution >= 0.6 is 24.0 Å². The van der Waals surface area contributed by atoms with E-state index in [1.807, 2.05) is 13.8 Å². The van der Waals surface area contributed by atoms with Crippen LogP contribution in [0.1, 0.15) is 13.8 Å². The van der Waals surface area contributed by atoms with Crippen molar-refractivity contribution < 1.29 is 0 Å². The minimum atomic E-state index is -0.194. The highest BCUT2D eigenvalue weighted by atomic mass is 127. The highest BCUT2D eigenvalue weighted by Gasteiger charge is 1.99. The molecule has 0 aromatic heterocycles. The Labute approximate surface area is 62.0 Å². The minimum absolute atomic E-state index is 0. The maximum atomic E-state index is 5.42. The Morgan fingerprint density at radius 3 is 1.71 bits per heavy atom. The second-order valence-corrected chi connectivity index (χ2v) is 2.03. The van der Waals surface area contributed by atoms with Gasteiger partial charge in [-0.3, -0.25) is 0 Å². The zero-order valence-corrected chi connectivity index (χ0v) is 7.10. The molecule has 44 valence electrons. The molecular weight excluding hydrogens is 201 g/mol. The quantitative estimate of drug-likeness (QED) is 0.518. The molecule has 0 radical (unpaired) electrons. The number of rotatable bonds is 1. The first-order chi connectivity index (χ1) is 2.56. The van der Waals surface area contributed by atoms with E-state index >= 15 is 0 Å². The lowest BCUT2D eigenvalue weighted by Crippen LogP contribution is -2.27. The second kappa shape index (κ2) is 3.43. The standard InChI is InChI=1S/C5H11N.HI/c1-4-5(2,3)6;/h4H,1,6H2,2-3H3;1H. The molecular formula is C5H12IN. The lowest BCUT2D eigenvalue weighted by Gasteiger charge is -2.08. The smallest absolute Gasteiger partial charge is 0.0279 e. The van der Waals surface area contributed by atoms with E-state index in [4.69, 9.17) is 5.73 Å². The number of hydrogen-bond donors (Lipinski definition) is 1. The van der Waals surface area contributed by atoms with Crippen molar-refractivity contribution >= 4 is 24.0 Å². The Morgan fingerprint density at radius 2 is 1.71 bits per heavy atom. The van der Waals surface area contributed by atoms with Crippen LogP contribution in [0, 0.1) is 0 Å². The van der Waals surface area contributed by atoms with E-state index in [1.54, 1.807) is 6.08 Å². The molecule has 0 rings (SSSR count). The molecule has 7 heavy (non-hydrogen) atoms. The van der Waals surface area contributed by atoms with Crippen LogP contribution in [-0.4, -0.2) is 5.54 Å². The van der Waals surface area contributed by atoms with Gasteiger partial charge in [-0.25, -0.2) is 0 Å². The van der Waals surface area contributed by atoms with Crippen molar-refractivity contribution in [1.82, 2.24) is 0 Å². The van der Waals surface area contributed by atoms with E-state index in [1.165, 1.54) is 0 Å². The summed E-state index contributed by atoms with van der Waals surface area (Å²) in [6.07, 6.45) is 1.72. The lowest BCUT2D eigenvalue weighted by atomic mass is 10.1. The summed E-state index contributed by atoms with van der Waals surface area (Å²) in [6, 6.07) is 0. The van der Waals surface area contributed by atoms with Crippen LogP contribution in [0.4, 0.5) is 0 Å². The van der Waals surface area contributed by atoms with Crippen molar-refractivity contribution in [3.63, 3.8) is 0 Å². The fourth-order valence-corrected chi connectivity index (χ4v) is 0. The topological polar surface area (TPSA) is 26.0 Å². The van der Waals surface area contributed by atoms with Gasteiger partial charge in [-0.2, -0.15) is 0 Å². The monoisotopic (exact) mass is 213 g/mol. The Bertz CT molecular complexity index is 53.6. The maximum Gasteiger partial charge on any atom is 0.0279 e. The Balaban J connectivity index is 0. The zero-order chi connectivity index (χ0) is 5.21. The molecule has 0 aromatic carbocycles. The van der Waals surface area contributed by atoms with E-state index in [-0.39, 0.29) is 29.5 Å². The van der Waals surface area contributed by atoms with Crippen LogP contribution in [0.5, 0.6) is 0 Å². The van der Waals surface area contributed by atoms with Crippen LogP contribution in [0.15, 0.2) is 12.7 Å². The molecule has 0 fully saturated rings. The van der Waals surface area contributed by atoms with Gasteiger partial charge in [-0.1, -0.05) is 6.08 Å². The Hall–Kier alpha value is 0.430. The predicted octanol–water partition coefficient (Wildman–Crippen LogP) is 1.53. The van der Waals surface area contributed by atoms with Gasteiger partial charge in [-0.15, -0.1) is 30.6 Å². The largest absolute Gasteiger partial charge is 0.322 e. The van der Waals surface area contributed by atoms with Crippen LogP contribution in [0.25, 0.3) is 0 Å². The Kier molecular flexibility index (Phi) is 5.11. The highest BCUT2D eigenvalue weighted by Crippen LogP contribution is 1.93. The number of nitrogens with two attached hydrogens (primary N) is 1. The summed E-state index contributed by atoms with van der Waals surface area (Å²) in [5.74, 6) is 0. The van der Waals surface area contributed by atoms with Gasteiger partial charge in [0.2, 0.25) is 0 Å². The number of halogens is 1. The molecule has 0 aliphatic carbocycles. The first-order valence-corrected chi connectivity index (χ1v) is 1.99. The molecule has 2 heteroatoms.